The predicted molar refractivity (Wildman–Crippen MR) is 262 cm³/mol. The van der Waals surface area contributed by atoms with Gasteiger partial charge >= 0.3 is 0 Å². The number of aryl methyl sites for hydroxylation is 2. The second-order valence-corrected chi connectivity index (χ2v) is 18.8. The Morgan fingerprint density at radius 2 is 0.971 bits per heavy atom. The fourth-order valence-corrected chi connectivity index (χ4v) is 10.2. The molecule has 0 amide bonds. The lowest BCUT2D eigenvalue weighted by Crippen LogP contribution is -2.27. The zero-order valence-electron chi connectivity index (χ0n) is 40.7. The lowest BCUT2D eigenvalue weighted by Gasteiger charge is -2.31. The Morgan fingerprint density at radius 3 is 1.35 bits per heavy atom. The fraction of sp³-hybridized carbons (Fsp3) is 0.373. The third kappa shape index (κ3) is 8.99. The Hall–Kier alpha value is -7.94. The van der Waals surface area contributed by atoms with Crippen LogP contribution in [0.1, 0.15) is 110 Å². The minimum atomic E-state index is -0.259. The van der Waals surface area contributed by atoms with E-state index in [1.54, 1.807) is 14.2 Å². The molecule has 3 aliphatic rings. The maximum atomic E-state index is 8.09. The molecule has 0 saturated carbocycles. The van der Waals surface area contributed by atoms with Gasteiger partial charge in [-0.25, -0.2) is 0 Å². The van der Waals surface area contributed by atoms with Crippen LogP contribution in [0.5, 0.6) is 34.5 Å². The molecule has 2 N–H and O–H groups in total. The van der Waals surface area contributed by atoms with Gasteiger partial charge in [0.2, 0.25) is 11.6 Å². The zero-order chi connectivity index (χ0) is 49.1. The van der Waals surface area contributed by atoms with E-state index in [-0.39, 0.29) is 16.2 Å². The van der Waals surface area contributed by atoms with Gasteiger partial charge in [-0.3, -0.25) is 0 Å². The number of aromatic nitrogens is 8. The van der Waals surface area contributed by atoms with Gasteiger partial charge in [0.15, 0.2) is 34.5 Å². The molecule has 0 fully saturated rings. The van der Waals surface area contributed by atoms with Crippen molar-refractivity contribution < 1.29 is 18.9 Å². The van der Waals surface area contributed by atoms with Gasteiger partial charge < -0.3 is 18.9 Å². The number of benzene rings is 5. The summed E-state index contributed by atoms with van der Waals surface area (Å²) in [6.07, 6.45) is 3.95. The highest BCUT2D eigenvalue weighted by Gasteiger charge is 2.57. The molecular weight excluding hydrogens is 873 g/mol. The normalized spacial score (nSPS) is 16.0. The number of tetrazole rings is 2. The van der Waals surface area contributed by atoms with Gasteiger partial charge in [0.05, 0.1) is 38.4 Å². The highest BCUT2D eigenvalue weighted by atomic mass is 16.6. The van der Waals surface area contributed by atoms with E-state index in [0.29, 0.717) is 58.9 Å². The first-order chi connectivity index (χ1) is 33.2. The number of hydrogen-bond acceptors (Lipinski definition) is 12. The molecule has 1 aliphatic heterocycles. The molecule has 0 saturated heterocycles. The van der Waals surface area contributed by atoms with Gasteiger partial charge in [-0.05, 0) is 152 Å². The molecule has 0 bridgehead atoms. The van der Waals surface area contributed by atoms with Crippen molar-refractivity contribution in [3.05, 3.63) is 149 Å². The summed E-state index contributed by atoms with van der Waals surface area (Å²) in [5.74, 6) is 4.52. The number of hydrogen-bond donors (Lipinski definition) is 2. The van der Waals surface area contributed by atoms with Crippen molar-refractivity contribution in [2.75, 3.05) is 14.2 Å². The minimum absolute atomic E-state index is 0.0909. The van der Waals surface area contributed by atoms with E-state index in [9.17, 15) is 0 Å². The average molecular weight is 929 g/mol. The van der Waals surface area contributed by atoms with E-state index in [1.165, 1.54) is 33.4 Å². The van der Waals surface area contributed by atoms with Crippen LogP contribution in [0.2, 0.25) is 0 Å². The van der Waals surface area contributed by atoms with Gasteiger partial charge in [0.25, 0.3) is 0 Å². The van der Waals surface area contributed by atoms with E-state index in [0.717, 1.165) is 59.4 Å². The number of nitrogens with zero attached hydrogens (tertiary/aromatic N) is 12. The molecule has 69 heavy (non-hydrogen) atoms. The maximum Gasteiger partial charge on any atom is 0.208 e. The first-order valence-electron chi connectivity index (χ1n) is 22.9. The van der Waals surface area contributed by atoms with Crippen LogP contribution in [0, 0.1) is 13.8 Å². The van der Waals surface area contributed by atoms with Crippen molar-refractivity contribution in [1.82, 2.24) is 41.2 Å². The molecule has 2 aliphatic carbocycles. The Bertz CT molecular complexity index is 3020. The van der Waals surface area contributed by atoms with Crippen molar-refractivity contribution in [3.63, 3.8) is 0 Å². The number of methoxy groups -OCH3 is 2. The maximum absolute atomic E-state index is 8.09. The van der Waals surface area contributed by atoms with Gasteiger partial charge in [-0.15, -0.1) is 20.4 Å². The standard InChI is InChI=1S/C33H34N8O4.2C9H11N3/c1-15-16(2)26(30-36-40-41-37-30)28-27(25(15)29-34-38-39-35-29)44-23-10-18-20(12-24(23)45-28)33(14-32(18,5)6)13-31(3,4)17-9-21(42-7)22(43-8)11-19(17)33;2*1-2-8-3-5-9(6-4-8)7-11-12-10/h9-12H,13-14H2,1-8H3,(H,34,35,38,39)(H,36,37,40,41);2*3-6H,2,7H2,1H3. The first-order valence-corrected chi connectivity index (χ1v) is 22.9. The van der Waals surface area contributed by atoms with E-state index in [2.05, 4.69) is 151 Å². The van der Waals surface area contributed by atoms with Crippen molar-refractivity contribution in [3.8, 4) is 57.3 Å². The molecule has 7 aromatic rings. The third-order valence-corrected chi connectivity index (χ3v) is 13.6. The summed E-state index contributed by atoms with van der Waals surface area (Å²) in [6, 6.07) is 24.9. The van der Waals surface area contributed by atoms with Gasteiger partial charge in [0, 0.05) is 15.2 Å². The van der Waals surface area contributed by atoms with Crippen LogP contribution in [0.25, 0.3) is 43.7 Å². The Balaban J connectivity index is 0.000000219. The number of aromatic amines is 2. The number of rotatable bonds is 10. The SMILES string of the molecule is CCc1ccc(CN=[N+]=[N-])cc1.CCc1ccc(CN=[N+]=[N-])cc1.COc1cc2c(cc1OC)C1(CC2(C)C)CC(C)(C)c2cc3c(cc21)Oc1c(c(-c2nn[nH]n2)c(C)c(C)c1-c1nn[nH]n1)O3. The fourth-order valence-electron chi connectivity index (χ4n) is 10.2. The molecule has 5 aromatic carbocycles. The summed E-state index contributed by atoms with van der Waals surface area (Å²) < 4.78 is 25.2. The summed E-state index contributed by atoms with van der Waals surface area (Å²) in [5.41, 5.74) is 28.6. The highest BCUT2D eigenvalue weighted by molar-refractivity contribution is 5.86. The second kappa shape index (κ2) is 19.3. The molecule has 1 unspecified atom stereocenters. The number of fused-ring (bicyclic) bond motifs is 6. The van der Waals surface area contributed by atoms with Crippen LogP contribution in [-0.4, -0.2) is 55.5 Å². The molecular formula is C51H56N14O4. The molecule has 10 rings (SSSR count). The molecule has 354 valence electrons. The number of H-pyrrole nitrogens is 2. The van der Waals surface area contributed by atoms with E-state index < -0.39 is 0 Å². The molecule has 1 atom stereocenters. The van der Waals surface area contributed by atoms with Crippen molar-refractivity contribution in [2.24, 2.45) is 10.2 Å². The summed E-state index contributed by atoms with van der Waals surface area (Å²) in [6.45, 7) is 18.3. The zero-order valence-corrected chi connectivity index (χ0v) is 40.7. The summed E-state index contributed by atoms with van der Waals surface area (Å²) in [4.78, 5) is 5.40. The van der Waals surface area contributed by atoms with Gasteiger partial charge in [-0.2, -0.15) is 10.4 Å². The Labute approximate surface area is 400 Å². The van der Waals surface area contributed by atoms with Crippen LogP contribution in [0.3, 0.4) is 0 Å². The molecule has 2 aromatic heterocycles. The highest BCUT2D eigenvalue weighted by Crippen LogP contribution is 2.66. The van der Waals surface area contributed by atoms with E-state index in [4.69, 9.17) is 30.0 Å². The molecule has 3 heterocycles. The number of azide groups is 2. The van der Waals surface area contributed by atoms with Crippen LogP contribution in [-0.2, 0) is 42.2 Å². The van der Waals surface area contributed by atoms with Gasteiger partial charge in [-0.1, -0.05) is 100 Å². The van der Waals surface area contributed by atoms with Gasteiger partial charge in [0.1, 0.15) is 0 Å². The first kappa shape index (κ1) is 47.5. The van der Waals surface area contributed by atoms with Crippen LogP contribution in [0.4, 0.5) is 0 Å². The number of nitrogens with one attached hydrogen (secondary N) is 2. The predicted octanol–water partition coefficient (Wildman–Crippen LogP) is 12.3. The summed E-state index contributed by atoms with van der Waals surface area (Å²) in [5, 5.41) is 36.9. The van der Waals surface area contributed by atoms with Crippen LogP contribution >= 0.6 is 0 Å². The molecule has 0 radical (unpaired) electrons. The third-order valence-electron chi connectivity index (χ3n) is 13.6. The summed E-state index contributed by atoms with van der Waals surface area (Å²) in [7, 11) is 3.38. The monoisotopic (exact) mass is 928 g/mol. The molecule has 18 nitrogen and oxygen atoms in total. The van der Waals surface area contributed by atoms with Crippen molar-refractivity contribution in [2.45, 2.75) is 110 Å². The van der Waals surface area contributed by atoms with E-state index >= 15 is 0 Å². The Kier molecular flexibility index (Phi) is 13.3. The second-order valence-electron chi connectivity index (χ2n) is 18.8. The van der Waals surface area contributed by atoms with Crippen molar-refractivity contribution >= 4 is 0 Å². The topological polar surface area (TPSA) is 243 Å². The lowest BCUT2D eigenvalue weighted by molar-refractivity contribution is 0.347. The van der Waals surface area contributed by atoms with Crippen LogP contribution in [0.15, 0.2) is 83.0 Å². The van der Waals surface area contributed by atoms with Crippen molar-refractivity contribution in [1.29, 1.82) is 0 Å². The summed E-state index contributed by atoms with van der Waals surface area (Å²) >= 11 is 0. The van der Waals surface area contributed by atoms with E-state index in [1.807, 2.05) is 38.1 Å². The average Bonchev–Trinajstić information content (AvgIpc) is 4.17. The minimum Gasteiger partial charge on any atom is -0.493 e. The Morgan fingerprint density at radius 1 is 0.594 bits per heavy atom. The quantitative estimate of drug-likeness (QED) is 0.0746. The molecule has 1 spiro atoms. The number of ether oxygens (including phenoxy) is 4. The molecule has 18 heteroatoms. The smallest absolute Gasteiger partial charge is 0.208 e. The largest absolute Gasteiger partial charge is 0.493 e. The lowest BCUT2D eigenvalue weighted by atomic mass is 9.72. The van der Waals surface area contributed by atoms with Crippen LogP contribution < -0.4 is 18.9 Å².